The van der Waals surface area contributed by atoms with Crippen LogP contribution in [0.1, 0.15) is 11.4 Å². The Labute approximate surface area is 70.9 Å². The topological polar surface area (TPSA) is 73.1 Å². The fraction of sp³-hybridized carbons (Fsp3) is 0.429. The number of nitrogens with one attached hydrogen (secondary N) is 1. The summed E-state index contributed by atoms with van der Waals surface area (Å²) >= 11 is 0. The van der Waals surface area contributed by atoms with Gasteiger partial charge in [-0.1, -0.05) is 0 Å². The zero-order valence-corrected chi connectivity index (χ0v) is 7.16. The van der Waals surface area contributed by atoms with E-state index in [-0.39, 0.29) is 0 Å². The molecule has 0 aliphatic carbocycles. The van der Waals surface area contributed by atoms with Crippen molar-refractivity contribution < 1.29 is 4.74 Å². The minimum atomic E-state index is 0.419. The number of ether oxygens (including phenoxy) is 1. The van der Waals surface area contributed by atoms with Gasteiger partial charge in [0, 0.05) is 12.8 Å². The van der Waals surface area contributed by atoms with Crippen LogP contribution in [-0.2, 0) is 11.3 Å². The standard InChI is InChI=1S/C7H12N4O/c1-5-3-6(4-12-2)10-7(9-5)11-8/h3H,4,8H2,1-2H3,(H,9,10,11). The van der Waals surface area contributed by atoms with Crippen LogP contribution in [0.2, 0.25) is 0 Å². The molecule has 1 aromatic rings. The number of rotatable bonds is 3. The molecular formula is C7H12N4O. The lowest BCUT2D eigenvalue weighted by molar-refractivity contribution is 0.181. The van der Waals surface area contributed by atoms with Crippen LogP contribution in [0.4, 0.5) is 5.95 Å². The molecule has 1 heterocycles. The van der Waals surface area contributed by atoms with E-state index in [9.17, 15) is 0 Å². The summed E-state index contributed by atoms with van der Waals surface area (Å²) in [7, 11) is 1.62. The predicted octanol–water partition coefficient (Wildman–Crippen LogP) is 0.217. The lowest BCUT2D eigenvalue weighted by atomic mass is 10.3. The molecular weight excluding hydrogens is 156 g/mol. The number of hydrogen-bond donors (Lipinski definition) is 2. The van der Waals surface area contributed by atoms with Crippen molar-refractivity contribution in [3.05, 3.63) is 17.5 Å². The number of aromatic nitrogens is 2. The third-order valence-corrected chi connectivity index (χ3v) is 1.33. The fourth-order valence-corrected chi connectivity index (χ4v) is 0.920. The highest BCUT2D eigenvalue weighted by molar-refractivity contribution is 5.25. The van der Waals surface area contributed by atoms with E-state index in [1.165, 1.54) is 0 Å². The summed E-state index contributed by atoms with van der Waals surface area (Å²) in [6.07, 6.45) is 0. The summed E-state index contributed by atoms with van der Waals surface area (Å²) in [5.74, 6) is 5.59. The number of nitrogen functional groups attached to an aromatic ring is 1. The Bertz CT molecular complexity index is 264. The largest absolute Gasteiger partial charge is 0.378 e. The summed E-state index contributed by atoms with van der Waals surface area (Å²) in [4.78, 5) is 8.10. The predicted molar refractivity (Wildman–Crippen MR) is 45.3 cm³/mol. The van der Waals surface area contributed by atoms with Gasteiger partial charge in [0.1, 0.15) is 0 Å². The van der Waals surface area contributed by atoms with Gasteiger partial charge < -0.3 is 4.74 Å². The van der Waals surface area contributed by atoms with Crippen molar-refractivity contribution in [3.8, 4) is 0 Å². The molecule has 5 nitrogen and oxygen atoms in total. The summed E-state index contributed by atoms with van der Waals surface area (Å²) in [5, 5.41) is 0. The maximum Gasteiger partial charge on any atom is 0.237 e. The Hall–Kier alpha value is -1.20. The van der Waals surface area contributed by atoms with Gasteiger partial charge in [-0.3, -0.25) is 5.43 Å². The van der Waals surface area contributed by atoms with Crippen LogP contribution in [0, 0.1) is 6.92 Å². The van der Waals surface area contributed by atoms with Crippen LogP contribution < -0.4 is 11.3 Å². The van der Waals surface area contributed by atoms with E-state index in [4.69, 9.17) is 10.6 Å². The van der Waals surface area contributed by atoms with Crippen LogP contribution in [0.3, 0.4) is 0 Å². The van der Waals surface area contributed by atoms with Gasteiger partial charge in [-0.25, -0.2) is 15.8 Å². The van der Waals surface area contributed by atoms with E-state index in [0.29, 0.717) is 12.6 Å². The summed E-state index contributed by atoms with van der Waals surface area (Å²) in [6, 6.07) is 1.85. The van der Waals surface area contributed by atoms with E-state index < -0.39 is 0 Å². The number of nitrogens with zero attached hydrogens (tertiary/aromatic N) is 2. The van der Waals surface area contributed by atoms with Crippen LogP contribution in [0.25, 0.3) is 0 Å². The van der Waals surface area contributed by atoms with Crippen LogP contribution in [0.15, 0.2) is 6.07 Å². The molecule has 66 valence electrons. The molecule has 0 aromatic carbocycles. The Morgan fingerprint density at radius 3 is 2.92 bits per heavy atom. The van der Waals surface area contributed by atoms with E-state index in [0.717, 1.165) is 11.4 Å². The monoisotopic (exact) mass is 168 g/mol. The molecule has 0 radical (unpaired) electrons. The van der Waals surface area contributed by atoms with Gasteiger partial charge in [-0.05, 0) is 13.0 Å². The molecule has 12 heavy (non-hydrogen) atoms. The van der Waals surface area contributed by atoms with Crippen molar-refractivity contribution in [2.45, 2.75) is 13.5 Å². The van der Waals surface area contributed by atoms with E-state index >= 15 is 0 Å². The Morgan fingerprint density at radius 1 is 1.58 bits per heavy atom. The minimum Gasteiger partial charge on any atom is -0.378 e. The molecule has 0 aliphatic heterocycles. The molecule has 5 heteroatoms. The summed E-state index contributed by atoms with van der Waals surface area (Å²) < 4.78 is 4.92. The third kappa shape index (κ3) is 2.14. The first-order valence-corrected chi connectivity index (χ1v) is 3.56. The van der Waals surface area contributed by atoms with Gasteiger partial charge in [-0.2, -0.15) is 0 Å². The van der Waals surface area contributed by atoms with Crippen LogP contribution in [0.5, 0.6) is 0 Å². The van der Waals surface area contributed by atoms with Gasteiger partial charge in [0.2, 0.25) is 5.95 Å². The summed E-state index contributed by atoms with van der Waals surface area (Å²) in [5.41, 5.74) is 4.07. The molecule has 0 spiro atoms. The van der Waals surface area contributed by atoms with Gasteiger partial charge in [0.25, 0.3) is 0 Å². The molecule has 0 saturated heterocycles. The average Bonchev–Trinajstić information content (AvgIpc) is 2.04. The van der Waals surface area contributed by atoms with Crippen molar-refractivity contribution in [2.24, 2.45) is 5.84 Å². The second-order valence-electron chi connectivity index (χ2n) is 2.40. The summed E-state index contributed by atoms with van der Waals surface area (Å²) in [6.45, 7) is 2.35. The first kappa shape index (κ1) is 8.89. The molecule has 1 rings (SSSR count). The Morgan fingerprint density at radius 2 is 2.33 bits per heavy atom. The highest BCUT2D eigenvalue weighted by Gasteiger charge is 1.99. The lowest BCUT2D eigenvalue weighted by Crippen LogP contribution is -2.12. The maximum atomic E-state index is 5.17. The van der Waals surface area contributed by atoms with E-state index in [1.807, 2.05) is 13.0 Å². The Kier molecular flexibility index (Phi) is 2.95. The average molecular weight is 168 g/mol. The van der Waals surface area contributed by atoms with Crippen molar-refractivity contribution >= 4 is 5.95 Å². The van der Waals surface area contributed by atoms with Crippen LogP contribution >= 0.6 is 0 Å². The molecule has 0 saturated carbocycles. The van der Waals surface area contributed by atoms with Crippen molar-refractivity contribution in [1.29, 1.82) is 0 Å². The van der Waals surface area contributed by atoms with Gasteiger partial charge in [0.05, 0.1) is 12.3 Å². The molecule has 0 aliphatic rings. The van der Waals surface area contributed by atoms with Gasteiger partial charge >= 0.3 is 0 Å². The molecule has 0 fully saturated rings. The number of aryl methyl sites for hydroxylation is 1. The highest BCUT2D eigenvalue weighted by atomic mass is 16.5. The lowest BCUT2D eigenvalue weighted by Gasteiger charge is -2.03. The Balaban J connectivity index is 2.90. The SMILES string of the molecule is COCc1cc(C)nc(NN)n1. The first-order valence-electron chi connectivity index (χ1n) is 3.56. The second kappa shape index (κ2) is 3.99. The third-order valence-electron chi connectivity index (χ3n) is 1.33. The second-order valence-corrected chi connectivity index (χ2v) is 2.40. The normalized spacial score (nSPS) is 9.92. The number of hydrogen-bond acceptors (Lipinski definition) is 5. The highest BCUT2D eigenvalue weighted by Crippen LogP contribution is 2.04. The molecule has 0 bridgehead atoms. The van der Waals surface area contributed by atoms with Crippen molar-refractivity contribution in [2.75, 3.05) is 12.5 Å². The maximum absolute atomic E-state index is 5.17. The van der Waals surface area contributed by atoms with E-state index in [1.54, 1.807) is 7.11 Å². The molecule has 3 N–H and O–H groups in total. The smallest absolute Gasteiger partial charge is 0.237 e. The number of nitrogens with two attached hydrogens (primary N) is 1. The van der Waals surface area contributed by atoms with Crippen molar-refractivity contribution in [3.63, 3.8) is 0 Å². The number of methoxy groups -OCH3 is 1. The van der Waals surface area contributed by atoms with Crippen LogP contribution in [-0.4, -0.2) is 17.1 Å². The zero-order chi connectivity index (χ0) is 8.97. The quantitative estimate of drug-likeness (QED) is 0.499. The van der Waals surface area contributed by atoms with Gasteiger partial charge in [0.15, 0.2) is 0 Å². The molecule has 0 amide bonds. The first-order chi connectivity index (χ1) is 5.76. The van der Waals surface area contributed by atoms with Crippen molar-refractivity contribution in [1.82, 2.24) is 9.97 Å². The van der Waals surface area contributed by atoms with E-state index in [2.05, 4.69) is 15.4 Å². The number of hydrazine groups is 1. The number of anilines is 1. The minimum absolute atomic E-state index is 0.419. The zero-order valence-electron chi connectivity index (χ0n) is 7.16. The van der Waals surface area contributed by atoms with Gasteiger partial charge in [-0.15, -0.1) is 0 Å². The molecule has 1 aromatic heterocycles. The molecule has 0 unspecified atom stereocenters. The molecule has 0 atom stereocenters. The fourth-order valence-electron chi connectivity index (χ4n) is 0.920.